The summed E-state index contributed by atoms with van der Waals surface area (Å²) in [7, 11) is 1.42. The number of benzene rings is 1. The van der Waals surface area contributed by atoms with Crippen molar-refractivity contribution in [1.29, 1.82) is 0 Å². The molecule has 0 aliphatic carbocycles. The van der Waals surface area contributed by atoms with Gasteiger partial charge in [-0.15, -0.1) is 0 Å². The van der Waals surface area contributed by atoms with E-state index in [0.717, 1.165) is 12.0 Å². The maximum Gasteiger partial charge on any atom is 0.303 e. The van der Waals surface area contributed by atoms with E-state index in [2.05, 4.69) is 0 Å². The second kappa shape index (κ2) is 6.10. The highest BCUT2D eigenvalue weighted by atomic mass is 19.1. The van der Waals surface area contributed by atoms with Crippen LogP contribution in [0.25, 0.3) is 0 Å². The molecule has 16 heavy (non-hydrogen) atoms. The third-order valence-corrected chi connectivity index (χ3v) is 2.32. The van der Waals surface area contributed by atoms with Gasteiger partial charge < -0.3 is 9.84 Å². The lowest BCUT2D eigenvalue weighted by molar-refractivity contribution is -0.137. The molecule has 0 unspecified atom stereocenters. The summed E-state index contributed by atoms with van der Waals surface area (Å²) >= 11 is 0. The number of halogens is 1. The van der Waals surface area contributed by atoms with Crippen LogP contribution in [-0.4, -0.2) is 18.2 Å². The van der Waals surface area contributed by atoms with Gasteiger partial charge in [-0.3, -0.25) is 4.79 Å². The summed E-state index contributed by atoms with van der Waals surface area (Å²) in [6.07, 6.45) is 2.22. The van der Waals surface area contributed by atoms with Gasteiger partial charge in [-0.2, -0.15) is 0 Å². The van der Waals surface area contributed by atoms with Gasteiger partial charge in [0.15, 0.2) is 11.6 Å². The number of hydrogen-bond acceptors (Lipinski definition) is 2. The first-order valence-electron chi connectivity index (χ1n) is 5.17. The molecule has 1 rings (SSSR count). The highest BCUT2D eigenvalue weighted by Gasteiger charge is 2.03. The molecule has 0 aliphatic heterocycles. The summed E-state index contributed by atoms with van der Waals surface area (Å²) in [5.41, 5.74) is 0.865. The predicted molar refractivity (Wildman–Crippen MR) is 58.1 cm³/mol. The van der Waals surface area contributed by atoms with E-state index < -0.39 is 5.97 Å². The normalized spacial score (nSPS) is 10.1. The number of carboxylic acids is 1. The Morgan fingerprint density at radius 2 is 2.19 bits per heavy atom. The highest BCUT2D eigenvalue weighted by molar-refractivity contribution is 5.66. The molecule has 0 amide bonds. The summed E-state index contributed by atoms with van der Waals surface area (Å²) < 4.78 is 18.1. The van der Waals surface area contributed by atoms with Gasteiger partial charge in [-0.05, 0) is 37.0 Å². The number of aryl methyl sites for hydroxylation is 1. The molecule has 0 atom stereocenters. The van der Waals surface area contributed by atoms with E-state index in [4.69, 9.17) is 9.84 Å². The van der Waals surface area contributed by atoms with Gasteiger partial charge in [0.05, 0.1) is 7.11 Å². The monoisotopic (exact) mass is 226 g/mol. The van der Waals surface area contributed by atoms with Gasteiger partial charge >= 0.3 is 5.97 Å². The van der Waals surface area contributed by atoms with Crippen molar-refractivity contribution < 1.29 is 19.0 Å². The standard InChI is InChI=1S/C12H15FO3/c1-16-11-7-6-9(8-10(11)13)4-2-3-5-12(14)15/h6-8H,2-5H2,1H3,(H,14,15). The minimum absolute atomic E-state index is 0.165. The van der Waals surface area contributed by atoms with Crippen LogP contribution in [0.4, 0.5) is 4.39 Å². The Morgan fingerprint density at radius 1 is 1.44 bits per heavy atom. The molecule has 0 bridgehead atoms. The van der Waals surface area contributed by atoms with Gasteiger partial charge in [0, 0.05) is 6.42 Å². The fourth-order valence-electron chi connectivity index (χ4n) is 1.47. The molecule has 0 saturated carbocycles. The number of unbranched alkanes of at least 4 members (excludes halogenated alkanes) is 1. The minimum Gasteiger partial charge on any atom is -0.494 e. The zero-order valence-corrected chi connectivity index (χ0v) is 9.20. The van der Waals surface area contributed by atoms with Crippen molar-refractivity contribution >= 4 is 5.97 Å². The first-order chi connectivity index (χ1) is 7.63. The van der Waals surface area contributed by atoms with Crippen LogP contribution in [0, 0.1) is 5.82 Å². The van der Waals surface area contributed by atoms with Crippen LogP contribution < -0.4 is 4.74 Å². The van der Waals surface area contributed by atoms with Crippen molar-refractivity contribution in [3.63, 3.8) is 0 Å². The average Bonchev–Trinajstić information content (AvgIpc) is 2.24. The summed E-state index contributed by atoms with van der Waals surface area (Å²) in [4.78, 5) is 10.3. The zero-order chi connectivity index (χ0) is 12.0. The van der Waals surface area contributed by atoms with E-state index in [1.54, 1.807) is 12.1 Å². The summed E-state index contributed by atoms with van der Waals surface area (Å²) in [6, 6.07) is 4.81. The van der Waals surface area contributed by atoms with Gasteiger partial charge in [0.2, 0.25) is 0 Å². The topological polar surface area (TPSA) is 46.5 Å². The smallest absolute Gasteiger partial charge is 0.303 e. The van der Waals surface area contributed by atoms with E-state index in [-0.39, 0.29) is 18.0 Å². The van der Waals surface area contributed by atoms with Crippen molar-refractivity contribution in [1.82, 2.24) is 0 Å². The summed E-state index contributed by atoms with van der Waals surface area (Å²) in [6.45, 7) is 0. The number of hydrogen-bond donors (Lipinski definition) is 1. The van der Waals surface area contributed by atoms with Crippen molar-refractivity contribution in [2.24, 2.45) is 0 Å². The van der Waals surface area contributed by atoms with Crippen LogP contribution in [0.5, 0.6) is 5.75 Å². The van der Waals surface area contributed by atoms with Crippen LogP contribution in [0.1, 0.15) is 24.8 Å². The first kappa shape index (κ1) is 12.5. The highest BCUT2D eigenvalue weighted by Crippen LogP contribution is 2.18. The third kappa shape index (κ3) is 3.88. The molecule has 88 valence electrons. The molecule has 4 heteroatoms. The number of aliphatic carboxylic acids is 1. The molecule has 0 aliphatic rings. The number of ether oxygens (including phenoxy) is 1. The SMILES string of the molecule is COc1ccc(CCCCC(=O)O)cc1F. The molecule has 1 aromatic carbocycles. The van der Waals surface area contributed by atoms with Crippen molar-refractivity contribution in [3.05, 3.63) is 29.6 Å². The molecule has 0 spiro atoms. The number of carbonyl (C=O) groups is 1. The van der Waals surface area contributed by atoms with Crippen LogP contribution in [0.3, 0.4) is 0 Å². The van der Waals surface area contributed by atoms with E-state index in [0.29, 0.717) is 12.8 Å². The van der Waals surface area contributed by atoms with Gasteiger partial charge in [0.1, 0.15) is 0 Å². The lowest BCUT2D eigenvalue weighted by Gasteiger charge is -2.04. The minimum atomic E-state index is -0.791. The molecular weight excluding hydrogens is 211 g/mol. The average molecular weight is 226 g/mol. The maximum atomic E-state index is 13.3. The molecule has 0 heterocycles. The Bertz CT molecular complexity index is 363. The first-order valence-corrected chi connectivity index (χ1v) is 5.17. The molecule has 0 radical (unpaired) electrons. The Balaban J connectivity index is 2.43. The van der Waals surface area contributed by atoms with Crippen molar-refractivity contribution in [2.75, 3.05) is 7.11 Å². The Labute approximate surface area is 93.9 Å². The van der Waals surface area contributed by atoms with Crippen LogP contribution in [0.2, 0.25) is 0 Å². The molecule has 1 aromatic rings. The quantitative estimate of drug-likeness (QED) is 0.758. The van der Waals surface area contributed by atoms with Gasteiger partial charge in [-0.1, -0.05) is 6.07 Å². The Kier molecular flexibility index (Phi) is 4.76. The molecule has 0 saturated heterocycles. The van der Waals surface area contributed by atoms with E-state index in [1.807, 2.05) is 0 Å². The fraction of sp³-hybridized carbons (Fsp3) is 0.417. The van der Waals surface area contributed by atoms with Crippen LogP contribution in [0.15, 0.2) is 18.2 Å². The molecule has 0 aromatic heterocycles. The predicted octanol–water partition coefficient (Wildman–Crippen LogP) is 2.63. The molecule has 1 N–H and O–H groups in total. The zero-order valence-electron chi connectivity index (χ0n) is 9.20. The number of carboxylic acid groups (broad SMARTS) is 1. The number of rotatable bonds is 6. The second-order valence-corrected chi connectivity index (χ2v) is 3.57. The second-order valence-electron chi connectivity index (χ2n) is 3.57. The summed E-state index contributed by atoms with van der Waals surface area (Å²) in [5, 5.41) is 8.45. The van der Waals surface area contributed by atoms with E-state index in [9.17, 15) is 9.18 Å². The van der Waals surface area contributed by atoms with Gasteiger partial charge in [-0.25, -0.2) is 4.39 Å². The maximum absolute atomic E-state index is 13.3. The van der Waals surface area contributed by atoms with Crippen LogP contribution in [-0.2, 0) is 11.2 Å². The lowest BCUT2D eigenvalue weighted by atomic mass is 10.1. The van der Waals surface area contributed by atoms with Gasteiger partial charge in [0.25, 0.3) is 0 Å². The molecular formula is C12H15FO3. The summed E-state index contributed by atoms with van der Waals surface area (Å²) in [5.74, 6) is -0.937. The third-order valence-electron chi connectivity index (χ3n) is 2.32. The molecule has 0 fully saturated rings. The van der Waals surface area contributed by atoms with E-state index in [1.165, 1.54) is 13.2 Å². The largest absolute Gasteiger partial charge is 0.494 e. The number of methoxy groups -OCH3 is 1. The molecule has 3 nitrogen and oxygen atoms in total. The van der Waals surface area contributed by atoms with E-state index >= 15 is 0 Å². The van der Waals surface area contributed by atoms with Crippen LogP contribution >= 0.6 is 0 Å². The van der Waals surface area contributed by atoms with Crippen molar-refractivity contribution in [2.45, 2.75) is 25.7 Å². The Hall–Kier alpha value is -1.58. The lowest BCUT2D eigenvalue weighted by Crippen LogP contribution is -1.95. The Morgan fingerprint density at radius 3 is 2.75 bits per heavy atom. The fourth-order valence-corrected chi connectivity index (χ4v) is 1.47. The van der Waals surface area contributed by atoms with Crippen molar-refractivity contribution in [3.8, 4) is 5.75 Å².